The summed E-state index contributed by atoms with van der Waals surface area (Å²) in [6.45, 7) is 8.22. The Balaban J connectivity index is 2.05. The average molecular weight is 356 g/mol. The Kier molecular flexibility index (Phi) is 5.44. The lowest BCUT2D eigenvalue weighted by Gasteiger charge is -2.43. The van der Waals surface area contributed by atoms with Crippen LogP contribution < -0.4 is 15.7 Å². The molecule has 25 heavy (non-hydrogen) atoms. The molecule has 3 nitrogen and oxygen atoms in total. The molecule has 0 aromatic heterocycles. The van der Waals surface area contributed by atoms with Gasteiger partial charge < -0.3 is 14.8 Å². The zero-order valence-electron chi connectivity index (χ0n) is 15.4. The molecule has 0 unspecified atom stereocenters. The van der Waals surface area contributed by atoms with Crippen molar-refractivity contribution in [2.75, 3.05) is 13.2 Å². The van der Waals surface area contributed by atoms with Crippen molar-refractivity contribution in [3.05, 3.63) is 60.7 Å². The quantitative estimate of drug-likeness (QED) is 0.809. The van der Waals surface area contributed by atoms with Gasteiger partial charge in [-0.2, -0.15) is 0 Å². The van der Waals surface area contributed by atoms with E-state index in [0.29, 0.717) is 6.61 Å². The minimum atomic E-state index is -2.50. The molecule has 0 spiro atoms. The normalized spacial score (nSPS) is 21.4. The first-order chi connectivity index (χ1) is 11.9. The number of nitrogens with one attached hydrogen (secondary N) is 1. The molecule has 1 aliphatic heterocycles. The highest BCUT2D eigenvalue weighted by Gasteiger charge is 2.50. The van der Waals surface area contributed by atoms with Gasteiger partial charge in [-0.1, -0.05) is 81.4 Å². The molecule has 1 saturated heterocycles. The molecule has 2 atom stereocenters. The first-order valence-electron chi connectivity index (χ1n) is 9.11. The van der Waals surface area contributed by atoms with E-state index in [4.69, 9.17) is 4.43 Å². The van der Waals surface area contributed by atoms with Crippen LogP contribution in [0.3, 0.4) is 0 Å². The summed E-state index contributed by atoms with van der Waals surface area (Å²) in [6.07, 6.45) is 0.479. The van der Waals surface area contributed by atoms with Gasteiger partial charge >= 0.3 is 0 Å². The van der Waals surface area contributed by atoms with Crippen molar-refractivity contribution >= 4 is 18.7 Å². The highest BCUT2D eigenvalue weighted by atomic mass is 28.4. The molecule has 2 aromatic rings. The smallest absolute Gasteiger partial charge is 0.261 e. The van der Waals surface area contributed by atoms with Crippen LogP contribution in [-0.2, 0) is 4.43 Å². The number of aliphatic hydroxyl groups excluding tert-OH is 1. The fourth-order valence-corrected chi connectivity index (χ4v) is 8.49. The maximum atomic E-state index is 10.2. The molecular weight excluding hydrogens is 326 g/mol. The predicted molar refractivity (Wildman–Crippen MR) is 106 cm³/mol. The Morgan fingerprint density at radius 3 is 1.92 bits per heavy atom. The predicted octanol–water partition coefficient (Wildman–Crippen LogP) is 2.29. The van der Waals surface area contributed by atoms with Crippen LogP contribution in [0, 0.1) is 0 Å². The monoisotopic (exact) mass is 355 g/mol. The van der Waals surface area contributed by atoms with Crippen molar-refractivity contribution in [2.24, 2.45) is 0 Å². The zero-order chi connectivity index (χ0) is 17.9. The van der Waals surface area contributed by atoms with Crippen molar-refractivity contribution in [2.45, 2.75) is 44.4 Å². The Labute approximate surface area is 152 Å². The van der Waals surface area contributed by atoms with Gasteiger partial charge in [-0.3, -0.25) is 0 Å². The molecule has 4 heteroatoms. The molecular formula is C21H29NO2Si. The molecule has 1 heterocycles. The van der Waals surface area contributed by atoms with E-state index in [-0.39, 0.29) is 17.2 Å². The van der Waals surface area contributed by atoms with Crippen LogP contribution in [0.4, 0.5) is 0 Å². The summed E-state index contributed by atoms with van der Waals surface area (Å²) in [6, 6.07) is 21.3. The van der Waals surface area contributed by atoms with Crippen molar-refractivity contribution in [1.82, 2.24) is 5.32 Å². The second-order valence-electron chi connectivity index (χ2n) is 7.89. The second kappa shape index (κ2) is 7.42. The minimum absolute atomic E-state index is 0.0154. The van der Waals surface area contributed by atoms with Gasteiger partial charge in [-0.25, -0.2) is 0 Å². The lowest BCUT2D eigenvalue weighted by Crippen LogP contribution is -2.67. The number of aliphatic hydroxyl groups is 1. The van der Waals surface area contributed by atoms with Gasteiger partial charge in [0.05, 0.1) is 18.8 Å². The molecule has 0 saturated carbocycles. The van der Waals surface area contributed by atoms with Gasteiger partial charge in [0.15, 0.2) is 0 Å². The molecule has 0 amide bonds. The van der Waals surface area contributed by atoms with Crippen LogP contribution in [-0.4, -0.2) is 38.7 Å². The molecule has 134 valence electrons. The highest BCUT2D eigenvalue weighted by Crippen LogP contribution is 2.37. The van der Waals surface area contributed by atoms with Crippen LogP contribution in [0.25, 0.3) is 0 Å². The van der Waals surface area contributed by atoms with E-state index >= 15 is 0 Å². The molecule has 0 bridgehead atoms. The molecule has 1 aliphatic rings. The molecule has 2 N–H and O–H groups in total. The van der Waals surface area contributed by atoms with Gasteiger partial charge in [-0.05, 0) is 28.4 Å². The van der Waals surface area contributed by atoms with Gasteiger partial charge in [-0.15, -0.1) is 0 Å². The number of rotatable bonds is 5. The topological polar surface area (TPSA) is 41.5 Å². The Morgan fingerprint density at radius 1 is 1.00 bits per heavy atom. The fourth-order valence-electron chi connectivity index (χ4n) is 3.90. The molecule has 3 rings (SSSR count). The van der Waals surface area contributed by atoms with Crippen LogP contribution >= 0.6 is 0 Å². The van der Waals surface area contributed by atoms with E-state index < -0.39 is 8.32 Å². The van der Waals surface area contributed by atoms with Crippen LogP contribution in [0.1, 0.15) is 27.2 Å². The van der Waals surface area contributed by atoms with Gasteiger partial charge in [0.1, 0.15) is 0 Å². The van der Waals surface area contributed by atoms with E-state index in [1.165, 1.54) is 10.4 Å². The fraction of sp³-hybridized carbons (Fsp3) is 0.429. The average Bonchev–Trinajstić information content (AvgIpc) is 3.01. The Hall–Kier alpha value is -1.46. The van der Waals surface area contributed by atoms with Gasteiger partial charge in [0.2, 0.25) is 0 Å². The van der Waals surface area contributed by atoms with E-state index in [9.17, 15) is 5.11 Å². The standard InChI is InChI=1S/C21H29NO2Si/c1-21(2,3)25(17-10-6-4-7-11-17,18-12-8-5-9-13-18)24-16-19-20(23)14-15-22-19/h4-13,19-20,22-23H,14-16H2,1-3H3/t19-,20-/m1/s1. The molecule has 2 aromatic carbocycles. The zero-order valence-corrected chi connectivity index (χ0v) is 16.4. The third kappa shape index (κ3) is 3.58. The lowest BCUT2D eigenvalue weighted by molar-refractivity contribution is 0.125. The van der Waals surface area contributed by atoms with Crippen molar-refractivity contribution in [1.29, 1.82) is 0 Å². The maximum Gasteiger partial charge on any atom is 0.261 e. The third-order valence-electron chi connectivity index (χ3n) is 5.21. The lowest BCUT2D eigenvalue weighted by atomic mass is 10.2. The number of benzene rings is 2. The SMILES string of the molecule is CC(C)(C)[Si](OC[C@H]1NCC[C@H]1O)(c1ccccc1)c1ccccc1. The van der Waals surface area contributed by atoms with Gasteiger partial charge in [0.25, 0.3) is 8.32 Å². The first-order valence-corrected chi connectivity index (χ1v) is 11.0. The summed E-state index contributed by atoms with van der Waals surface area (Å²) in [5.41, 5.74) is 0. The van der Waals surface area contributed by atoms with Crippen LogP contribution in [0.5, 0.6) is 0 Å². The van der Waals surface area contributed by atoms with Crippen molar-refractivity contribution < 1.29 is 9.53 Å². The molecule has 0 aliphatic carbocycles. The summed E-state index contributed by atoms with van der Waals surface area (Å²) in [5.74, 6) is 0. The summed E-state index contributed by atoms with van der Waals surface area (Å²) >= 11 is 0. The van der Waals surface area contributed by atoms with Crippen LogP contribution in [0.15, 0.2) is 60.7 Å². The highest BCUT2D eigenvalue weighted by molar-refractivity contribution is 6.99. The largest absolute Gasteiger partial charge is 0.406 e. The van der Waals surface area contributed by atoms with E-state index in [1.54, 1.807) is 0 Å². The summed E-state index contributed by atoms with van der Waals surface area (Å²) in [5, 5.41) is 16.1. The van der Waals surface area contributed by atoms with Crippen molar-refractivity contribution in [3.8, 4) is 0 Å². The minimum Gasteiger partial charge on any atom is -0.406 e. The Bertz CT molecular complexity index is 630. The van der Waals surface area contributed by atoms with E-state index in [0.717, 1.165) is 13.0 Å². The number of hydrogen-bond donors (Lipinski definition) is 2. The first kappa shape index (κ1) is 18.3. The molecule has 1 fully saturated rings. The Morgan fingerprint density at radius 2 is 1.52 bits per heavy atom. The molecule has 0 radical (unpaired) electrons. The van der Waals surface area contributed by atoms with Crippen molar-refractivity contribution in [3.63, 3.8) is 0 Å². The summed E-state index contributed by atoms with van der Waals surface area (Å²) in [7, 11) is -2.50. The second-order valence-corrected chi connectivity index (χ2v) is 12.2. The van der Waals surface area contributed by atoms with E-state index in [1.807, 2.05) is 0 Å². The third-order valence-corrected chi connectivity index (χ3v) is 10.2. The van der Waals surface area contributed by atoms with Gasteiger partial charge in [0, 0.05) is 0 Å². The van der Waals surface area contributed by atoms with E-state index in [2.05, 4.69) is 86.8 Å². The number of hydrogen-bond acceptors (Lipinski definition) is 3. The van der Waals surface area contributed by atoms with Crippen LogP contribution in [0.2, 0.25) is 5.04 Å². The summed E-state index contributed by atoms with van der Waals surface area (Å²) < 4.78 is 6.84. The maximum absolute atomic E-state index is 10.2. The summed E-state index contributed by atoms with van der Waals surface area (Å²) in [4.78, 5) is 0.